The molecule has 11 nitrogen and oxygen atoms in total. The number of pyridine rings is 1. The second-order valence-electron chi connectivity index (χ2n) is 10.9. The third-order valence-corrected chi connectivity index (χ3v) is 8.96. The van der Waals surface area contributed by atoms with E-state index in [4.69, 9.17) is 15.2 Å². The number of anilines is 2. The van der Waals surface area contributed by atoms with Crippen LogP contribution >= 0.6 is 0 Å². The summed E-state index contributed by atoms with van der Waals surface area (Å²) >= 11 is 0. The van der Waals surface area contributed by atoms with Crippen LogP contribution < -0.4 is 20.7 Å². The molecule has 0 aliphatic heterocycles. The Balaban J connectivity index is 1.26. The largest absolute Gasteiger partial charge is 0.370 e. The standard InChI is InChI=1S/C31H40N8O3S/c1-23(40)33-15-4-2-5-17-35-30-19-29(28-10-3-6-16-34-28)38-31(39-30)36-21-24-11-13-25(14-12-24)22-37-43(41,42)27-9-7-8-26(18-27)20-32/h3,6-10,16,18-19,24-25,37H,2,4-5,11-15,17,21-22H2,1H3,(H,33,40)(H2,35,36,38,39). The molecule has 0 bridgehead atoms. The average molecular weight is 605 g/mol. The van der Waals surface area contributed by atoms with E-state index in [0.29, 0.717) is 30.5 Å². The van der Waals surface area contributed by atoms with E-state index in [1.165, 1.54) is 19.1 Å². The van der Waals surface area contributed by atoms with Crippen LogP contribution in [0, 0.1) is 23.2 Å². The summed E-state index contributed by atoms with van der Waals surface area (Å²) in [6.45, 7) is 4.09. The Kier molecular flexibility index (Phi) is 11.8. The lowest BCUT2D eigenvalue weighted by molar-refractivity contribution is -0.118. The van der Waals surface area contributed by atoms with Crippen LogP contribution in [0.3, 0.4) is 0 Å². The maximum Gasteiger partial charge on any atom is 0.240 e. The highest BCUT2D eigenvalue weighted by Gasteiger charge is 2.24. The first kappa shape index (κ1) is 31.8. The molecule has 1 fully saturated rings. The van der Waals surface area contributed by atoms with E-state index in [0.717, 1.165) is 75.2 Å². The van der Waals surface area contributed by atoms with Crippen LogP contribution in [0.5, 0.6) is 0 Å². The lowest BCUT2D eigenvalue weighted by Crippen LogP contribution is -2.32. The predicted octanol–water partition coefficient (Wildman–Crippen LogP) is 4.33. The predicted molar refractivity (Wildman–Crippen MR) is 167 cm³/mol. The van der Waals surface area contributed by atoms with Crippen molar-refractivity contribution in [3.8, 4) is 17.5 Å². The molecular weight excluding hydrogens is 564 g/mol. The summed E-state index contributed by atoms with van der Waals surface area (Å²) in [4.78, 5) is 25.0. The van der Waals surface area contributed by atoms with Crippen molar-refractivity contribution in [1.82, 2.24) is 25.0 Å². The monoisotopic (exact) mass is 604 g/mol. The fraction of sp³-hybridized carbons (Fsp3) is 0.452. The number of carbonyl (C=O) groups excluding carboxylic acids is 1. The number of amides is 1. The summed E-state index contributed by atoms with van der Waals surface area (Å²) in [6, 6.07) is 15.7. The van der Waals surface area contributed by atoms with Crippen LogP contribution in [-0.4, -0.2) is 55.5 Å². The average Bonchev–Trinajstić information content (AvgIpc) is 3.03. The molecule has 2 heterocycles. The zero-order chi connectivity index (χ0) is 30.5. The summed E-state index contributed by atoms with van der Waals surface area (Å²) in [5.74, 6) is 1.98. The first-order valence-electron chi connectivity index (χ1n) is 14.8. The molecule has 12 heteroatoms. The fourth-order valence-corrected chi connectivity index (χ4v) is 6.25. The molecule has 4 rings (SSSR count). The normalized spacial score (nSPS) is 16.7. The highest BCUT2D eigenvalue weighted by Crippen LogP contribution is 2.29. The minimum atomic E-state index is -3.66. The summed E-state index contributed by atoms with van der Waals surface area (Å²) < 4.78 is 28.1. The molecule has 2 aromatic heterocycles. The minimum Gasteiger partial charge on any atom is -0.370 e. The Morgan fingerprint density at radius 1 is 0.907 bits per heavy atom. The number of nitrogens with zero attached hydrogens (tertiary/aromatic N) is 4. The molecular formula is C31H40N8O3S. The number of carbonyl (C=O) groups is 1. The van der Waals surface area contributed by atoms with Crippen molar-refractivity contribution >= 4 is 27.7 Å². The van der Waals surface area contributed by atoms with Crippen LogP contribution in [0.4, 0.5) is 11.8 Å². The van der Waals surface area contributed by atoms with Crippen molar-refractivity contribution in [2.45, 2.75) is 56.8 Å². The van der Waals surface area contributed by atoms with Crippen molar-refractivity contribution in [3.05, 3.63) is 60.3 Å². The quantitative estimate of drug-likeness (QED) is 0.185. The van der Waals surface area contributed by atoms with Gasteiger partial charge in [-0.15, -0.1) is 0 Å². The molecule has 0 spiro atoms. The summed E-state index contributed by atoms with van der Waals surface area (Å²) in [5, 5.41) is 18.7. The summed E-state index contributed by atoms with van der Waals surface area (Å²) in [7, 11) is -3.66. The zero-order valence-corrected chi connectivity index (χ0v) is 25.4. The van der Waals surface area contributed by atoms with Gasteiger partial charge in [0.2, 0.25) is 21.9 Å². The van der Waals surface area contributed by atoms with Gasteiger partial charge in [0.05, 0.1) is 27.9 Å². The molecule has 1 saturated carbocycles. The lowest BCUT2D eigenvalue weighted by Gasteiger charge is -2.28. The molecule has 1 aliphatic rings. The zero-order valence-electron chi connectivity index (χ0n) is 24.6. The summed E-state index contributed by atoms with van der Waals surface area (Å²) in [5.41, 5.74) is 1.83. The van der Waals surface area contributed by atoms with Gasteiger partial charge in [-0.3, -0.25) is 9.78 Å². The third kappa shape index (κ3) is 10.3. The maximum absolute atomic E-state index is 12.7. The van der Waals surface area contributed by atoms with Crippen molar-refractivity contribution in [3.63, 3.8) is 0 Å². The van der Waals surface area contributed by atoms with E-state index in [1.807, 2.05) is 30.3 Å². The maximum atomic E-state index is 12.7. The number of sulfonamides is 1. The Morgan fingerprint density at radius 2 is 1.67 bits per heavy atom. The van der Waals surface area contributed by atoms with E-state index in [9.17, 15) is 13.2 Å². The number of rotatable bonds is 15. The van der Waals surface area contributed by atoms with Crippen LogP contribution in [0.15, 0.2) is 59.6 Å². The van der Waals surface area contributed by atoms with Gasteiger partial charge >= 0.3 is 0 Å². The van der Waals surface area contributed by atoms with Crippen molar-refractivity contribution < 1.29 is 13.2 Å². The first-order valence-corrected chi connectivity index (χ1v) is 16.3. The van der Waals surface area contributed by atoms with Gasteiger partial charge in [-0.1, -0.05) is 12.1 Å². The second kappa shape index (κ2) is 16.0. The van der Waals surface area contributed by atoms with Gasteiger partial charge in [-0.25, -0.2) is 18.1 Å². The molecule has 3 aromatic rings. The third-order valence-electron chi connectivity index (χ3n) is 7.54. The highest BCUT2D eigenvalue weighted by molar-refractivity contribution is 7.89. The Hall–Kier alpha value is -4.08. The number of nitrogens with one attached hydrogen (secondary N) is 4. The second-order valence-corrected chi connectivity index (χ2v) is 12.7. The van der Waals surface area contributed by atoms with Crippen LogP contribution in [0.25, 0.3) is 11.4 Å². The van der Waals surface area contributed by atoms with E-state index in [1.54, 1.807) is 18.3 Å². The first-order chi connectivity index (χ1) is 20.8. The molecule has 228 valence electrons. The number of nitriles is 1. The molecule has 1 aliphatic carbocycles. The number of benzene rings is 1. The van der Waals surface area contributed by atoms with E-state index < -0.39 is 10.0 Å². The molecule has 0 unspecified atom stereocenters. The van der Waals surface area contributed by atoms with Gasteiger partial charge in [-0.2, -0.15) is 10.2 Å². The van der Waals surface area contributed by atoms with Gasteiger partial charge < -0.3 is 16.0 Å². The Morgan fingerprint density at radius 3 is 2.40 bits per heavy atom. The number of aromatic nitrogens is 3. The summed E-state index contributed by atoms with van der Waals surface area (Å²) in [6.07, 6.45) is 8.44. The van der Waals surface area contributed by atoms with Crippen molar-refractivity contribution in [2.75, 3.05) is 36.8 Å². The molecule has 43 heavy (non-hydrogen) atoms. The smallest absolute Gasteiger partial charge is 0.240 e. The number of unbranched alkanes of at least 4 members (excludes halogenated alkanes) is 2. The number of hydrogen-bond donors (Lipinski definition) is 4. The SMILES string of the molecule is CC(=O)NCCCCCNc1cc(-c2ccccn2)nc(NCC2CCC(CNS(=O)(=O)c3cccc(C#N)c3)CC2)n1. The Bertz CT molecular complexity index is 1490. The van der Waals surface area contributed by atoms with Gasteiger partial charge in [-0.05, 0) is 87.1 Å². The molecule has 1 aromatic carbocycles. The van der Waals surface area contributed by atoms with Crippen molar-refractivity contribution in [1.29, 1.82) is 5.26 Å². The molecule has 0 radical (unpaired) electrons. The molecule has 4 N–H and O–H groups in total. The van der Waals surface area contributed by atoms with Crippen molar-refractivity contribution in [2.24, 2.45) is 11.8 Å². The lowest BCUT2D eigenvalue weighted by atomic mass is 9.82. The van der Waals surface area contributed by atoms with Gasteiger partial charge in [0.1, 0.15) is 5.82 Å². The highest BCUT2D eigenvalue weighted by atomic mass is 32.2. The van der Waals surface area contributed by atoms with Crippen LogP contribution in [0.1, 0.15) is 57.4 Å². The van der Waals surface area contributed by atoms with E-state index in [-0.39, 0.29) is 16.7 Å². The Labute approximate surface area is 254 Å². The van der Waals surface area contributed by atoms with Crippen LogP contribution in [0.2, 0.25) is 0 Å². The molecule has 1 amide bonds. The van der Waals surface area contributed by atoms with Gasteiger partial charge in [0.15, 0.2) is 0 Å². The van der Waals surface area contributed by atoms with Gasteiger partial charge in [0, 0.05) is 45.4 Å². The molecule has 0 saturated heterocycles. The fourth-order valence-electron chi connectivity index (χ4n) is 5.09. The van der Waals surface area contributed by atoms with E-state index in [2.05, 4.69) is 25.7 Å². The number of hydrogen-bond acceptors (Lipinski definition) is 9. The minimum absolute atomic E-state index is 0.00263. The van der Waals surface area contributed by atoms with Crippen LogP contribution in [-0.2, 0) is 14.8 Å². The van der Waals surface area contributed by atoms with E-state index >= 15 is 0 Å². The van der Waals surface area contributed by atoms with Gasteiger partial charge in [0.25, 0.3) is 0 Å². The molecule has 0 atom stereocenters. The topological polar surface area (TPSA) is 162 Å².